The van der Waals surface area contributed by atoms with Crippen LogP contribution in [0.1, 0.15) is 30.9 Å². The Morgan fingerprint density at radius 3 is 2.85 bits per heavy atom. The maximum atomic E-state index is 10.9. The van der Waals surface area contributed by atoms with E-state index in [1.807, 2.05) is 18.7 Å². The van der Waals surface area contributed by atoms with E-state index in [1.54, 1.807) is 0 Å². The average Bonchev–Trinajstić information content (AvgIpc) is 2.81. The molecule has 110 valence electrons. The molecule has 0 aliphatic carbocycles. The van der Waals surface area contributed by atoms with Gasteiger partial charge in [0.05, 0.1) is 5.60 Å². The molecule has 2 aliphatic heterocycles. The highest BCUT2D eigenvalue weighted by molar-refractivity contribution is 7.99. The van der Waals surface area contributed by atoms with Gasteiger partial charge in [-0.15, -0.1) is 0 Å². The molecule has 4 heteroatoms. The third kappa shape index (κ3) is 2.69. The number of fused-ring (bicyclic) bond motifs is 1. The van der Waals surface area contributed by atoms with Crippen molar-refractivity contribution in [2.45, 2.75) is 37.8 Å². The zero-order valence-electron chi connectivity index (χ0n) is 12.1. The fraction of sp³-hybridized carbons (Fsp3) is 0.625. The summed E-state index contributed by atoms with van der Waals surface area (Å²) < 4.78 is 0. The van der Waals surface area contributed by atoms with Crippen molar-refractivity contribution in [2.75, 3.05) is 29.5 Å². The number of aliphatic hydroxyl groups is 1. The summed E-state index contributed by atoms with van der Waals surface area (Å²) in [6, 6.07) is 6.72. The van der Waals surface area contributed by atoms with Gasteiger partial charge in [0.2, 0.25) is 0 Å². The summed E-state index contributed by atoms with van der Waals surface area (Å²) in [6.07, 6.45) is 2.82. The lowest BCUT2D eigenvalue weighted by molar-refractivity contribution is 0.0281. The number of anilines is 1. The van der Waals surface area contributed by atoms with Gasteiger partial charge in [0.25, 0.3) is 0 Å². The van der Waals surface area contributed by atoms with Gasteiger partial charge in [0, 0.05) is 24.8 Å². The van der Waals surface area contributed by atoms with Crippen molar-refractivity contribution < 1.29 is 5.11 Å². The van der Waals surface area contributed by atoms with Crippen molar-refractivity contribution in [2.24, 2.45) is 5.73 Å². The normalized spacial score (nSPS) is 22.6. The highest BCUT2D eigenvalue weighted by Gasteiger charge is 2.33. The van der Waals surface area contributed by atoms with Crippen molar-refractivity contribution in [1.82, 2.24) is 0 Å². The van der Waals surface area contributed by atoms with Crippen LogP contribution in [0.4, 0.5) is 5.69 Å². The van der Waals surface area contributed by atoms with Crippen LogP contribution in [0.15, 0.2) is 18.2 Å². The number of thioether (sulfide) groups is 1. The topological polar surface area (TPSA) is 49.5 Å². The van der Waals surface area contributed by atoms with Crippen molar-refractivity contribution in [1.29, 1.82) is 0 Å². The molecule has 0 radical (unpaired) electrons. The molecule has 3 N–H and O–H groups in total. The van der Waals surface area contributed by atoms with Gasteiger partial charge in [-0.1, -0.05) is 12.1 Å². The summed E-state index contributed by atoms with van der Waals surface area (Å²) in [5.41, 5.74) is 9.09. The number of hydrogen-bond donors (Lipinski definition) is 2. The van der Waals surface area contributed by atoms with E-state index in [1.165, 1.54) is 11.3 Å². The summed E-state index contributed by atoms with van der Waals surface area (Å²) in [5.74, 6) is 2.11. The predicted molar refractivity (Wildman–Crippen MR) is 86.5 cm³/mol. The number of benzene rings is 1. The van der Waals surface area contributed by atoms with E-state index in [2.05, 4.69) is 23.1 Å². The first-order valence-corrected chi connectivity index (χ1v) is 8.68. The number of hydrogen-bond acceptors (Lipinski definition) is 4. The number of nitrogens with zero attached hydrogens (tertiary/aromatic N) is 1. The van der Waals surface area contributed by atoms with E-state index in [0.29, 0.717) is 0 Å². The summed E-state index contributed by atoms with van der Waals surface area (Å²) in [6.45, 7) is 3.99. The van der Waals surface area contributed by atoms with Gasteiger partial charge in [-0.05, 0) is 54.9 Å². The Morgan fingerprint density at radius 2 is 2.15 bits per heavy atom. The molecule has 1 fully saturated rings. The van der Waals surface area contributed by atoms with Crippen molar-refractivity contribution in [3.63, 3.8) is 0 Å². The predicted octanol–water partition coefficient (Wildman–Crippen LogP) is 2.11. The van der Waals surface area contributed by atoms with Crippen molar-refractivity contribution in [3.05, 3.63) is 29.3 Å². The highest BCUT2D eigenvalue weighted by atomic mass is 32.2. The average molecular weight is 292 g/mol. The van der Waals surface area contributed by atoms with Crippen molar-refractivity contribution >= 4 is 17.4 Å². The molecule has 0 aromatic heterocycles. The first kappa shape index (κ1) is 14.2. The fourth-order valence-corrected chi connectivity index (χ4v) is 4.44. The summed E-state index contributed by atoms with van der Waals surface area (Å²) in [5, 5.41) is 10.9. The van der Waals surface area contributed by atoms with Crippen LogP contribution in [-0.4, -0.2) is 35.7 Å². The lowest BCUT2D eigenvalue weighted by Gasteiger charge is -2.33. The van der Waals surface area contributed by atoms with Crippen LogP contribution in [0.5, 0.6) is 0 Å². The first-order valence-electron chi connectivity index (χ1n) is 7.52. The molecule has 0 bridgehead atoms. The third-order valence-corrected chi connectivity index (χ3v) is 5.43. The molecule has 0 unspecified atom stereocenters. The van der Waals surface area contributed by atoms with E-state index in [9.17, 15) is 5.11 Å². The molecular weight excluding hydrogens is 268 g/mol. The quantitative estimate of drug-likeness (QED) is 0.896. The molecular formula is C16H24N2OS. The largest absolute Gasteiger partial charge is 0.385 e. The molecule has 0 amide bonds. The first-order chi connectivity index (χ1) is 9.58. The van der Waals surface area contributed by atoms with Crippen LogP contribution in [0.3, 0.4) is 0 Å². The maximum absolute atomic E-state index is 10.9. The molecule has 2 heterocycles. The monoisotopic (exact) mass is 292 g/mol. The van der Waals surface area contributed by atoms with Gasteiger partial charge in [-0.25, -0.2) is 0 Å². The fourth-order valence-electron chi connectivity index (χ4n) is 3.27. The minimum Gasteiger partial charge on any atom is -0.385 e. The second-order valence-corrected chi connectivity index (χ2v) is 7.39. The zero-order valence-corrected chi connectivity index (χ0v) is 13.0. The minimum absolute atomic E-state index is 0.179. The molecule has 0 spiro atoms. The van der Waals surface area contributed by atoms with Crippen molar-refractivity contribution in [3.8, 4) is 0 Å². The van der Waals surface area contributed by atoms with Crippen LogP contribution in [0.2, 0.25) is 0 Å². The van der Waals surface area contributed by atoms with Crippen LogP contribution < -0.4 is 10.6 Å². The SMILES string of the molecule is C[C@H](N)CN1CCc2ccc(C3(O)CCSCC3)cc21. The van der Waals surface area contributed by atoms with Gasteiger partial charge >= 0.3 is 0 Å². The summed E-state index contributed by atoms with van der Waals surface area (Å²) in [7, 11) is 0. The Hall–Kier alpha value is -0.710. The van der Waals surface area contributed by atoms with E-state index >= 15 is 0 Å². The van der Waals surface area contributed by atoms with E-state index in [0.717, 1.165) is 49.4 Å². The Labute approximate surface area is 125 Å². The minimum atomic E-state index is -0.622. The molecule has 1 aromatic carbocycles. The lowest BCUT2D eigenvalue weighted by atomic mass is 9.87. The second kappa shape index (κ2) is 5.58. The maximum Gasteiger partial charge on any atom is 0.0913 e. The number of rotatable bonds is 3. The molecule has 0 saturated carbocycles. The molecule has 1 aromatic rings. The highest BCUT2D eigenvalue weighted by Crippen LogP contribution is 2.39. The van der Waals surface area contributed by atoms with Gasteiger partial charge in [-0.2, -0.15) is 11.8 Å². The summed E-state index contributed by atoms with van der Waals surface area (Å²) >= 11 is 1.94. The van der Waals surface area contributed by atoms with Crippen LogP contribution in [0, 0.1) is 0 Å². The molecule has 20 heavy (non-hydrogen) atoms. The van der Waals surface area contributed by atoms with E-state index in [4.69, 9.17) is 5.73 Å². The van der Waals surface area contributed by atoms with Gasteiger partial charge < -0.3 is 15.7 Å². The van der Waals surface area contributed by atoms with Gasteiger partial charge in [0.15, 0.2) is 0 Å². The smallest absolute Gasteiger partial charge is 0.0913 e. The Morgan fingerprint density at radius 1 is 1.40 bits per heavy atom. The molecule has 1 atom stereocenters. The zero-order chi connectivity index (χ0) is 14.2. The summed E-state index contributed by atoms with van der Waals surface area (Å²) in [4.78, 5) is 2.37. The Bertz CT molecular complexity index is 483. The van der Waals surface area contributed by atoms with Crippen LogP contribution in [0.25, 0.3) is 0 Å². The molecule has 3 nitrogen and oxygen atoms in total. The van der Waals surface area contributed by atoms with E-state index < -0.39 is 5.60 Å². The van der Waals surface area contributed by atoms with E-state index in [-0.39, 0.29) is 6.04 Å². The molecule has 2 aliphatic rings. The molecule has 1 saturated heterocycles. The second-order valence-electron chi connectivity index (χ2n) is 6.16. The number of nitrogens with two attached hydrogens (primary N) is 1. The lowest BCUT2D eigenvalue weighted by Crippen LogP contribution is -2.35. The third-order valence-electron chi connectivity index (χ3n) is 4.44. The van der Waals surface area contributed by atoms with Gasteiger partial charge in [-0.3, -0.25) is 0 Å². The Balaban J connectivity index is 1.88. The van der Waals surface area contributed by atoms with Crippen LogP contribution in [-0.2, 0) is 12.0 Å². The standard InChI is InChI=1S/C16H24N2OS/c1-12(17)11-18-7-4-13-2-3-14(10-15(13)18)16(19)5-8-20-9-6-16/h2-3,10,12,19H,4-9,11,17H2,1H3/t12-/m0/s1. The molecule has 3 rings (SSSR count). The Kier molecular flexibility index (Phi) is 3.98. The van der Waals surface area contributed by atoms with Crippen LogP contribution >= 0.6 is 11.8 Å². The van der Waals surface area contributed by atoms with Gasteiger partial charge in [0.1, 0.15) is 0 Å².